The lowest BCUT2D eigenvalue weighted by Crippen LogP contribution is -2.20. The molecule has 0 atom stereocenters. The van der Waals surface area contributed by atoms with Crippen LogP contribution in [0.3, 0.4) is 0 Å². The van der Waals surface area contributed by atoms with E-state index in [1.807, 2.05) is 55.5 Å². The normalized spacial score (nSPS) is 10.8. The minimum atomic E-state index is 0.299. The number of fused-ring (bicyclic) bond motifs is 1. The number of hydrogen-bond donors (Lipinski definition) is 1. The van der Waals surface area contributed by atoms with Gasteiger partial charge in [-0.15, -0.1) is 0 Å². The molecule has 0 spiro atoms. The zero-order chi connectivity index (χ0) is 13.4. The smallest absolute Gasteiger partial charge is 0.209 e. The molecule has 19 heavy (non-hydrogen) atoms. The van der Waals surface area contributed by atoms with Crippen LogP contribution in [0.4, 0.5) is 0 Å². The average Bonchev–Trinajstić information content (AvgIpc) is 2.41. The van der Waals surface area contributed by atoms with Crippen molar-refractivity contribution in [3.63, 3.8) is 0 Å². The highest BCUT2D eigenvalue weighted by Gasteiger charge is 2.08. The molecule has 1 heterocycles. The number of aryl methyl sites for hydroxylation is 1. The first-order chi connectivity index (χ1) is 9.16. The SMILES string of the molecule is Cc1ccc2nc(Cl)n(-c3ccccc3)c(=N)c2c1. The standard InChI is InChI=1S/C15H12ClN3/c1-10-7-8-13-12(9-10)14(17)19(15(16)18-13)11-5-3-2-4-6-11/h2-9,17H,1H3. The fourth-order valence-corrected chi connectivity index (χ4v) is 2.39. The Hall–Kier alpha value is -2.13. The minimum absolute atomic E-state index is 0.299. The van der Waals surface area contributed by atoms with Gasteiger partial charge < -0.3 is 0 Å². The summed E-state index contributed by atoms with van der Waals surface area (Å²) in [6.07, 6.45) is 0. The molecule has 0 aliphatic carbocycles. The van der Waals surface area contributed by atoms with E-state index in [0.29, 0.717) is 10.8 Å². The number of benzene rings is 2. The van der Waals surface area contributed by atoms with Crippen molar-refractivity contribution in [2.24, 2.45) is 0 Å². The van der Waals surface area contributed by atoms with Gasteiger partial charge >= 0.3 is 0 Å². The second-order valence-electron chi connectivity index (χ2n) is 4.42. The van der Waals surface area contributed by atoms with Crippen molar-refractivity contribution in [1.29, 1.82) is 5.41 Å². The lowest BCUT2D eigenvalue weighted by Gasteiger charge is -2.11. The van der Waals surface area contributed by atoms with Gasteiger partial charge in [0.1, 0.15) is 5.49 Å². The summed E-state index contributed by atoms with van der Waals surface area (Å²) in [5, 5.41) is 9.45. The van der Waals surface area contributed by atoms with Gasteiger partial charge in [-0.3, -0.25) is 9.98 Å². The Morgan fingerprint density at radius 2 is 1.84 bits per heavy atom. The van der Waals surface area contributed by atoms with Crippen LogP contribution < -0.4 is 5.49 Å². The van der Waals surface area contributed by atoms with Crippen molar-refractivity contribution < 1.29 is 0 Å². The second kappa shape index (κ2) is 4.52. The minimum Gasteiger partial charge on any atom is -0.283 e. The van der Waals surface area contributed by atoms with E-state index in [2.05, 4.69) is 4.98 Å². The topological polar surface area (TPSA) is 41.7 Å². The maximum Gasteiger partial charge on any atom is 0.209 e. The predicted molar refractivity (Wildman–Crippen MR) is 76.7 cm³/mol. The summed E-state index contributed by atoms with van der Waals surface area (Å²) < 4.78 is 1.64. The molecule has 0 aliphatic heterocycles. The molecule has 3 aromatic rings. The van der Waals surface area contributed by atoms with Crippen molar-refractivity contribution in [2.45, 2.75) is 6.92 Å². The molecule has 0 radical (unpaired) electrons. The Kier molecular flexibility index (Phi) is 2.84. The number of hydrogen-bond acceptors (Lipinski definition) is 2. The van der Waals surface area contributed by atoms with E-state index < -0.39 is 0 Å². The third-order valence-electron chi connectivity index (χ3n) is 3.04. The van der Waals surface area contributed by atoms with Crippen molar-refractivity contribution in [2.75, 3.05) is 0 Å². The molecule has 0 amide bonds. The number of halogens is 1. The highest BCUT2D eigenvalue weighted by molar-refractivity contribution is 6.29. The Morgan fingerprint density at radius 3 is 2.58 bits per heavy atom. The van der Waals surface area contributed by atoms with Gasteiger partial charge in [0, 0.05) is 11.1 Å². The van der Waals surface area contributed by atoms with Crippen molar-refractivity contribution in [3.8, 4) is 5.69 Å². The van der Waals surface area contributed by atoms with E-state index in [1.165, 1.54) is 0 Å². The van der Waals surface area contributed by atoms with Crippen LogP contribution in [0.1, 0.15) is 5.56 Å². The molecule has 0 fully saturated rings. The average molecular weight is 270 g/mol. The molecule has 0 saturated heterocycles. The van der Waals surface area contributed by atoms with E-state index in [-0.39, 0.29) is 0 Å². The second-order valence-corrected chi connectivity index (χ2v) is 4.76. The molecule has 0 bridgehead atoms. The number of nitrogens with zero attached hydrogens (tertiary/aromatic N) is 2. The number of nitrogens with one attached hydrogen (secondary N) is 1. The van der Waals surface area contributed by atoms with Gasteiger partial charge in [0.15, 0.2) is 0 Å². The van der Waals surface area contributed by atoms with Crippen LogP contribution >= 0.6 is 11.6 Å². The monoisotopic (exact) mass is 269 g/mol. The van der Waals surface area contributed by atoms with Gasteiger partial charge in [-0.2, -0.15) is 0 Å². The molecule has 0 saturated carbocycles. The largest absolute Gasteiger partial charge is 0.283 e. The molecule has 2 aromatic carbocycles. The van der Waals surface area contributed by atoms with Crippen LogP contribution in [0.5, 0.6) is 0 Å². The Labute approximate surface area is 115 Å². The van der Waals surface area contributed by atoms with E-state index in [0.717, 1.165) is 22.2 Å². The highest BCUT2D eigenvalue weighted by atomic mass is 35.5. The summed E-state index contributed by atoms with van der Waals surface area (Å²) in [6, 6.07) is 15.4. The van der Waals surface area contributed by atoms with Crippen LogP contribution in [-0.4, -0.2) is 9.55 Å². The van der Waals surface area contributed by atoms with Gasteiger partial charge in [0.2, 0.25) is 5.28 Å². The summed E-state index contributed by atoms with van der Waals surface area (Å²) in [7, 11) is 0. The molecule has 0 aliphatic rings. The number of rotatable bonds is 1. The first kappa shape index (κ1) is 11.9. The summed E-state index contributed by atoms with van der Waals surface area (Å²) in [5.74, 6) is 0. The van der Waals surface area contributed by atoms with Crippen molar-refractivity contribution >= 4 is 22.5 Å². The van der Waals surface area contributed by atoms with Crippen LogP contribution in [0, 0.1) is 12.3 Å². The van der Waals surface area contributed by atoms with E-state index >= 15 is 0 Å². The molecule has 4 heteroatoms. The zero-order valence-electron chi connectivity index (χ0n) is 10.4. The van der Waals surface area contributed by atoms with Gasteiger partial charge in [-0.1, -0.05) is 29.8 Å². The zero-order valence-corrected chi connectivity index (χ0v) is 11.1. The first-order valence-corrected chi connectivity index (χ1v) is 6.33. The van der Waals surface area contributed by atoms with Crippen molar-refractivity contribution in [1.82, 2.24) is 9.55 Å². The van der Waals surface area contributed by atoms with Gasteiger partial charge in [-0.05, 0) is 42.8 Å². The lowest BCUT2D eigenvalue weighted by molar-refractivity contribution is 0.911. The Balaban J connectivity index is 2.41. The summed E-state index contributed by atoms with van der Waals surface area (Å²) in [6.45, 7) is 2.00. The summed E-state index contributed by atoms with van der Waals surface area (Å²) in [4.78, 5) is 4.36. The Bertz CT molecular complexity index is 807. The van der Waals surface area contributed by atoms with Gasteiger partial charge in [0.05, 0.1) is 5.52 Å². The Morgan fingerprint density at radius 1 is 1.11 bits per heavy atom. The molecular formula is C15H12ClN3. The van der Waals surface area contributed by atoms with Crippen LogP contribution in [0.15, 0.2) is 48.5 Å². The van der Waals surface area contributed by atoms with Gasteiger partial charge in [-0.25, -0.2) is 4.98 Å². The van der Waals surface area contributed by atoms with E-state index in [9.17, 15) is 0 Å². The summed E-state index contributed by atoms with van der Waals surface area (Å²) >= 11 is 6.21. The number of para-hydroxylation sites is 1. The van der Waals surface area contributed by atoms with Crippen LogP contribution in [-0.2, 0) is 0 Å². The maximum atomic E-state index is 8.35. The van der Waals surface area contributed by atoms with E-state index in [1.54, 1.807) is 4.57 Å². The molecular weight excluding hydrogens is 258 g/mol. The number of aromatic nitrogens is 2. The van der Waals surface area contributed by atoms with Gasteiger partial charge in [0.25, 0.3) is 0 Å². The summed E-state index contributed by atoms with van der Waals surface area (Å²) in [5.41, 5.74) is 3.04. The van der Waals surface area contributed by atoms with Crippen LogP contribution in [0.2, 0.25) is 5.28 Å². The predicted octanol–water partition coefficient (Wildman–Crippen LogP) is 3.47. The fraction of sp³-hybridized carbons (Fsp3) is 0.0667. The van der Waals surface area contributed by atoms with Crippen LogP contribution in [0.25, 0.3) is 16.6 Å². The molecule has 3 nitrogen and oxygen atoms in total. The van der Waals surface area contributed by atoms with Crippen molar-refractivity contribution in [3.05, 3.63) is 64.9 Å². The molecule has 94 valence electrons. The lowest BCUT2D eigenvalue weighted by atomic mass is 10.1. The van der Waals surface area contributed by atoms with E-state index in [4.69, 9.17) is 17.0 Å². The highest BCUT2D eigenvalue weighted by Crippen LogP contribution is 2.16. The first-order valence-electron chi connectivity index (χ1n) is 5.96. The molecule has 1 N–H and O–H groups in total. The molecule has 1 aromatic heterocycles. The third-order valence-corrected chi connectivity index (χ3v) is 3.30. The maximum absolute atomic E-state index is 8.35. The fourth-order valence-electron chi connectivity index (χ4n) is 2.11. The molecule has 0 unspecified atom stereocenters. The molecule has 3 rings (SSSR count). The quantitative estimate of drug-likeness (QED) is 0.675. The third kappa shape index (κ3) is 2.02.